The number of nitriles is 1. The summed E-state index contributed by atoms with van der Waals surface area (Å²) in [5, 5.41) is 10.3. The van der Waals surface area contributed by atoms with Crippen LogP contribution in [0.5, 0.6) is 0 Å². The van der Waals surface area contributed by atoms with E-state index in [0.29, 0.717) is 36.3 Å². The second-order valence-electron chi connectivity index (χ2n) is 10.7. The van der Waals surface area contributed by atoms with Crippen molar-refractivity contribution in [2.45, 2.75) is 77.2 Å². The Kier molecular flexibility index (Phi) is 7.09. The van der Waals surface area contributed by atoms with Gasteiger partial charge in [-0.2, -0.15) is 5.26 Å². The van der Waals surface area contributed by atoms with Crippen LogP contribution < -0.4 is 4.90 Å². The summed E-state index contributed by atoms with van der Waals surface area (Å²) in [4.78, 5) is 27.1. The molecule has 36 heavy (non-hydrogen) atoms. The average Bonchev–Trinajstić information content (AvgIpc) is 3.81. The lowest BCUT2D eigenvalue weighted by Crippen LogP contribution is -2.56. The van der Waals surface area contributed by atoms with Gasteiger partial charge in [0.15, 0.2) is 0 Å². The van der Waals surface area contributed by atoms with Gasteiger partial charge in [-0.1, -0.05) is 26.3 Å². The van der Waals surface area contributed by atoms with Gasteiger partial charge in [-0.15, -0.1) is 0 Å². The van der Waals surface area contributed by atoms with Crippen LogP contribution in [0.25, 0.3) is 17.2 Å². The van der Waals surface area contributed by atoms with Crippen LogP contribution in [0, 0.1) is 24.2 Å². The van der Waals surface area contributed by atoms with Crippen LogP contribution in [0.1, 0.15) is 86.7 Å². The molecule has 2 aliphatic carbocycles. The van der Waals surface area contributed by atoms with E-state index in [0.717, 1.165) is 79.1 Å². The zero-order valence-corrected chi connectivity index (χ0v) is 21.7. The first-order chi connectivity index (χ1) is 17.5. The van der Waals surface area contributed by atoms with Crippen molar-refractivity contribution in [1.82, 2.24) is 14.9 Å². The normalized spacial score (nSPS) is 19.8. The number of pyridine rings is 2. The molecule has 6 nitrogen and oxygen atoms in total. The second kappa shape index (κ2) is 10.4. The molecule has 2 saturated carbocycles. The van der Waals surface area contributed by atoms with Crippen LogP contribution in [0.3, 0.4) is 0 Å². The highest BCUT2D eigenvalue weighted by molar-refractivity contribution is 5.79. The van der Waals surface area contributed by atoms with Crippen LogP contribution in [0.2, 0.25) is 0 Å². The number of carbonyl (C=O) groups is 1. The number of aromatic nitrogens is 2. The number of rotatable bonds is 9. The third kappa shape index (κ3) is 4.89. The summed E-state index contributed by atoms with van der Waals surface area (Å²) < 4.78 is 0. The van der Waals surface area contributed by atoms with E-state index in [2.05, 4.69) is 41.3 Å². The van der Waals surface area contributed by atoms with Crippen molar-refractivity contribution < 1.29 is 4.79 Å². The summed E-state index contributed by atoms with van der Waals surface area (Å²) in [6, 6.07) is 6.76. The lowest BCUT2D eigenvalue weighted by molar-refractivity contribution is -0.134. The maximum Gasteiger partial charge on any atom is 0.222 e. The molecular formula is C30H37N5O. The molecule has 1 saturated heterocycles. The predicted octanol–water partition coefficient (Wildman–Crippen LogP) is 5.85. The zero-order chi connectivity index (χ0) is 25.2. The molecule has 3 heterocycles. The Balaban J connectivity index is 1.48. The second-order valence-corrected chi connectivity index (χ2v) is 10.7. The highest BCUT2D eigenvalue weighted by Gasteiger charge is 2.42. The molecule has 0 unspecified atom stereocenters. The first-order valence-corrected chi connectivity index (χ1v) is 13.6. The Labute approximate surface area is 215 Å². The van der Waals surface area contributed by atoms with Crippen molar-refractivity contribution in [1.29, 1.82) is 5.26 Å². The summed E-state index contributed by atoms with van der Waals surface area (Å²) in [5.41, 5.74) is 5.70. The van der Waals surface area contributed by atoms with E-state index in [-0.39, 0.29) is 6.04 Å². The Morgan fingerprint density at radius 1 is 1.25 bits per heavy atom. The van der Waals surface area contributed by atoms with Gasteiger partial charge >= 0.3 is 0 Å². The lowest BCUT2D eigenvalue weighted by Gasteiger charge is -2.43. The van der Waals surface area contributed by atoms with E-state index in [4.69, 9.17) is 4.98 Å². The minimum atomic E-state index is 0.223. The van der Waals surface area contributed by atoms with Gasteiger partial charge in [-0.05, 0) is 74.3 Å². The Hall–Kier alpha value is -3.20. The van der Waals surface area contributed by atoms with E-state index in [1.165, 1.54) is 12.8 Å². The average molecular weight is 484 g/mol. The molecule has 0 aromatic carbocycles. The highest BCUT2D eigenvalue weighted by atomic mass is 16.2. The van der Waals surface area contributed by atoms with Crippen LogP contribution in [0.15, 0.2) is 24.9 Å². The third-order valence-corrected chi connectivity index (χ3v) is 8.01. The molecule has 1 atom stereocenters. The third-order valence-electron chi connectivity index (χ3n) is 8.01. The molecule has 0 radical (unpaired) electrons. The highest BCUT2D eigenvalue weighted by Crippen LogP contribution is 2.47. The Morgan fingerprint density at radius 3 is 2.72 bits per heavy atom. The SMILES string of the molecule is C=Cc1cc(-c2c(C3CC3)nc(N3CCN(C(=O)CCCCC)[C@H](C4CC4)C3)c(C#N)c2C)ccn1. The van der Waals surface area contributed by atoms with Crippen LogP contribution in [-0.4, -0.2) is 46.5 Å². The molecule has 1 amide bonds. The largest absolute Gasteiger partial charge is 0.352 e. The molecule has 0 bridgehead atoms. The molecular weight excluding hydrogens is 446 g/mol. The molecule has 5 rings (SSSR count). The number of anilines is 1. The predicted molar refractivity (Wildman–Crippen MR) is 144 cm³/mol. The van der Waals surface area contributed by atoms with Gasteiger partial charge < -0.3 is 9.80 Å². The van der Waals surface area contributed by atoms with E-state index >= 15 is 0 Å². The fourth-order valence-electron chi connectivity index (χ4n) is 5.67. The molecule has 2 aromatic heterocycles. The van der Waals surface area contributed by atoms with Gasteiger partial charge in [0.25, 0.3) is 0 Å². The van der Waals surface area contributed by atoms with Crippen molar-refractivity contribution in [3.8, 4) is 17.2 Å². The maximum absolute atomic E-state index is 13.1. The van der Waals surface area contributed by atoms with Crippen molar-refractivity contribution in [2.75, 3.05) is 24.5 Å². The Bertz CT molecular complexity index is 1190. The molecule has 1 aliphatic heterocycles. The zero-order valence-electron chi connectivity index (χ0n) is 21.7. The lowest BCUT2D eigenvalue weighted by atomic mass is 9.93. The Morgan fingerprint density at radius 2 is 2.06 bits per heavy atom. The van der Waals surface area contributed by atoms with E-state index in [1.54, 1.807) is 12.3 Å². The number of amides is 1. The van der Waals surface area contributed by atoms with Crippen LogP contribution in [-0.2, 0) is 4.79 Å². The summed E-state index contributed by atoms with van der Waals surface area (Å²) in [5.74, 6) is 2.12. The topological polar surface area (TPSA) is 73.1 Å². The number of unbranched alkanes of at least 4 members (excludes halogenated alkanes) is 2. The molecule has 2 aromatic rings. The summed E-state index contributed by atoms with van der Waals surface area (Å²) in [6.45, 7) is 10.3. The molecule has 6 heteroatoms. The van der Waals surface area contributed by atoms with Gasteiger partial charge in [0.05, 0.1) is 23.0 Å². The van der Waals surface area contributed by atoms with Crippen LogP contribution in [0.4, 0.5) is 5.82 Å². The molecule has 3 fully saturated rings. The monoisotopic (exact) mass is 483 g/mol. The molecule has 188 valence electrons. The van der Waals surface area contributed by atoms with Gasteiger partial charge in [0.1, 0.15) is 11.9 Å². The van der Waals surface area contributed by atoms with E-state index < -0.39 is 0 Å². The van der Waals surface area contributed by atoms with Gasteiger partial charge in [-0.25, -0.2) is 4.98 Å². The number of hydrogen-bond donors (Lipinski definition) is 0. The van der Waals surface area contributed by atoms with Gasteiger partial charge in [0, 0.05) is 43.7 Å². The van der Waals surface area contributed by atoms with Crippen molar-refractivity contribution in [3.05, 3.63) is 47.4 Å². The van der Waals surface area contributed by atoms with Gasteiger partial charge in [-0.3, -0.25) is 9.78 Å². The minimum absolute atomic E-state index is 0.223. The van der Waals surface area contributed by atoms with Gasteiger partial charge in [0.2, 0.25) is 5.91 Å². The fraction of sp³-hybridized carbons (Fsp3) is 0.533. The smallest absolute Gasteiger partial charge is 0.222 e. The molecule has 0 spiro atoms. The van der Waals surface area contributed by atoms with E-state index in [9.17, 15) is 10.1 Å². The number of piperazine rings is 1. The van der Waals surface area contributed by atoms with Crippen molar-refractivity contribution >= 4 is 17.8 Å². The van der Waals surface area contributed by atoms with E-state index in [1.807, 2.05) is 12.1 Å². The maximum atomic E-state index is 13.1. The quantitative estimate of drug-likeness (QED) is 0.418. The first kappa shape index (κ1) is 24.5. The van der Waals surface area contributed by atoms with Crippen molar-refractivity contribution in [3.63, 3.8) is 0 Å². The molecule has 0 N–H and O–H groups in total. The van der Waals surface area contributed by atoms with Crippen LogP contribution >= 0.6 is 0 Å². The standard InChI is InChI=1S/C30H37N5O/c1-4-6-7-8-27(36)35-16-15-34(19-26(35)21-9-10-21)30-25(18-31)20(3)28(29(33-30)22-11-12-22)23-13-14-32-24(5-2)17-23/h5,13-14,17,21-22,26H,2,4,6-12,15-16,19H2,1,3H3/t26-/m0/s1. The summed E-state index contributed by atoms with van der Waals surface area (Å²) >= 11 is 0. The summed E-state index contributed by atoms with van der Waals surface area (Å²) in [6.07, 6.45) is 12.1. The minimum Gasteiger partial charge on any atom is -0.352 e. The number of nitrogens with zero attached hydrogens (tertiary/aromatic N) is 5. The number of hydrogen-bond acceptors (Lipinski definition) is 5. The summed E-state index contributed by atoms with van der Waals surface area (Å²) in [7, 11) is 0. The first-order valence-electron chi connectivity index (χ1n) is 13.6. The van der Waals surface area contributed by atoms with Crippen molar-refractivity contribution in [2.24, 2.45) is 5.92 Å². The number of carbonyl (C=O) groups excluding carboxylic acids is 1. The fourth-order valence-corrected chi connectivity index (χ4v) is 5.67. The molecule has 3 aliphatic rings.